The van der Waals surface area contributed by atoms with Crippen molar-refractivity contribution in [3.63, 3.8) is 0 Å². The van der Waals surface area contributed by atoms with Gasteiger partial charge in [-0.25, -0.2) is 0 Å². The second-order valence-corrected chi connectivity index (χ2v) is 3.49. The first-order valence-electron chi connectivity index (χ1n) is 4.55. The fourth-order valence-electron chi connectivity index (χ4n) is 1.64. The molecule has 1 nitrogen and oxygen atoms in total. The third-order valence-corrected chi connectivity index (χ3v) is 2.40. The van der Waals surface area contributed by atoms with E-state index < -0.39 is 0 Å². The van der Waals surface area contributed by atoms with Crippen LogP contribution in [0, 0.1) is 6.92 Å². The largest absolute Gasteiger partial charge is 0.285 e. The highest BCUT2D eigenvalue weighted by atomic mass is 14.8. The fourth-order valence-corrected chi connectivity index (χ4v) is 1.64. The minimum Gasteiger partial charge on any atom is -0.285 e. The Morgan fingerprint density at radius 1 is 1.54 bits per heavy atom. The smallest absolute Gasteiger partial charge is 0.0718 e. The lowest BCUT2D eigenvalue weighted by molar-refractivity contribution is 0.803. The Bertz CT molecular complexity index is 363. The van der Waals surface area contributed by atoms with Gasteiger partial charge in [0.05, 0.1) is 6.04 Å². The predicted molar refractivity (Wildman–Crippen MR) is 56.5 cm³/mol. The van der Waals surface area contributed by atoms with Crippen LogP contribution in [-0.4, -0.2) is 12.3 Å². The van der Waals surface area contributed by atoms with Crippen LogP contribution in [0.25, 0.3) is 0 Å². The summed E-state index contributed by atoms with van der Waals surface area (Å²) in [7, 11) is 0. The van der Waals surface area contributed by atoms with Gasteiger partial charge in [0.1, 0.15) is 0 Å². The number of aryl methyl sites for hydroxylation is 1. The van der Waals surface area contributed by atoms with Crippen molar-refractivity contribution >= 4 is 6.21 Å². The van der Waals surface area contributed by atoms with E-state index in [0.717, 1.165) is 6.42 Å². The molecular weight excluding hydrogens is 158 g/mol. The van der Waals surface area contributed by atoms with Crippen LogP contribution in [0.2, 0.25) is 0 Å². The van der Waals surface area contributed by atoms with Gasteiger partial charge in [-0.1, -0.05) is 29.8 Å². The minimum absolute atomic E-state index is 0.272. The second kappa shape index (κ2) is 3.17. The molecule has 0 amide bonds. The van der Waals surface area contributed by atoms with E-state index in [4.69, 9.17) is 0 Å². The van der Waals surface area contributed by atoms with E-state index >= 15 is 0 Å². The Morgan fingerprint density at radius 2 is 2.38 bits per heavy atom. The first-order valence-corrected chi connectivity index (χ1v) is 4.55. The quantitative estimate of drug-likeness (QED) is 0.576. The summed E-state index contributed by atoms with van der Waals surface area (Å²) in [6, 6.07) is 6.76. The molecule has 1 unspecified atom stereocenters. The van der Waals surface area contributed by atoms with Crippen molar-refractivity contribution in [1.82, 2.24) is 0 Å². The van der Waals surface area contributed by atoms with Gasteiger partial charge in [-0.3, -0.25) is 4.99 Å². The molecule has 2 rings (SSSR count). The van der Waals surface area contributed by atoms with Gasteiger partial charge >= 0.3 is 0 Å². The van der Waals surface area contributed by atoms with Crippen molar-refractivity contribution < 1.29 is 0 Å². The van der Waals surface area contributed by atoms with Gasteiger partial charge in [0, 0.05) is 6.21 Å². The molecular formula is C12H13N. The third kappa shape index (κ3) is 1.55. The molecule has 0 aromatic heterocycles. The average molecular weight is 171 g/mol. The van der Waals surface area contributed by atoms with Gasteiger partial charge in [0.2, 0.25) is 0 Å². The molecule has 1 heteroatoms. The Morgan fingerprint density at radius 3 is 3.15 bits per heavy atom. The molecule has 0 N–H and O–H groups in total. The van der Waals surface area contributed by atoms with Crippen LogP contribution in [0.5, 0.6) is 0 Å². The van der Waals surface area contributed by atoms with E-state index in [-0.39, 0.29) is 6.04 Å². The third-order valence-electron chi connectivity index (χ3n) is 2.40. The summed E-state index contributed by atoms with van der Waals surface area (Å²) < 4.78 is 0. The van der Waals surface area contributed by atoms with Crippen molar-refractivity contribution in [3.05, 3.63) is 47.5 Å². The van der Waals surface area contributed by atoms with Gasteiger partial charge in [0.15, 0.2) is 0 Å². The topological polar surface area (TPSA) is 12.4 Å². The van der Waals surface area contributed by atoms with E-state index in [0.29, 0.717) is 0 Å². The van der Waals surface area contributed by atoms with Crippen LogP contribution in [0.1, 0.15) is 16.7 Å². The summed E-state index contributed by atoms with van der Waals surface area (Å²) in [6.45, 7) is 5.89. The number of hydrogen-bond acceptors (Lipinski definition) is 1. The van der Waals surface area contributed by atoms with Crippen LogP contribution >= 0.6 is 0 Å². The van der Waals surface area contributed by atoms with Crippen molar-refractivity contribution in [2.24, 2.45) is 4.99 Å². The highest BCUT2D eigenvalue weighted by Gasteiger charge is 2.11. The second-order valence-electron chi connectivity index (χ2n) is 3.49. The molecule has 1 aromatic rings. The molecule has 0 fully saturated rings. The summed E-state index contributed by atoms with van der Waals surface area (Å²) in [4.78, 5) is 4.38. The van der Waals surface area contributed by atoms with E-state index in [2.05, 4.69) is 36.7 Å². The van der Waals surface area contributed by atoms with E-state index in [1.807, 2.05) is 12.3 Å². The number of benzene rings is 1. The lowest BCUT2D eigenvalue weighted by Gasteiger charge is -2.15. The number of rotatable bonds is 1. The first-order chi connectivity index (χ1) is 6.29. The van der Waals surface area contributed by atoms with Crippen LogP contribution in [0.3, 0.4) is 0 Å². The normalized spacial score (nSPS) is 19.6. The van der Waals surface area contributed by atoms with E-state index in [1.54, 1.807) is 0 Å². The lowest BCUT2D eigenvalue weighted by Crippen LogP contribution is -2.12. The molecule has 0 spiro atoms. The van der Waals surface area contributed by atoms with Crippen LogP contribution in [-0.2, 0) is 6.42 Å². The molecule has 0 radical (unpaired) electrons. The lowest BCUT2D eigenvalue weighted by atomic mass is 9.96. The maximum absolute atomic E-state index is 4.38. The average Bonchev–Trinajstić information content (AvgIpc) is 2.16. The minimum atomic E-state index is 0.272. The molecule has 0 bridgehead atoms. The molecule has 66 valence electrons. The highest BCUT2D eigenvalue weighted by molar-refractivity contribution is 5.83. The van der Waals surface area contributed by atoms with Gasteiger partial charge in [0.25, 0.3) is 0 Å². The molecule has 1 aliphatic heterocycles. The number of aliphatic imine (C=N–C) groups is 1. The Kier molecular flexibility index (Phi) is 2.01. The summed E-state index contributed by atoms with van der Waals surface area (Å²) in [5.74, 6) is 0. The Labute approximate surface area is 78.8 Å². The van der Waals surface area contributed by atoms with Crippen molar-refractivity contribution in [2.45, 2.75) is 19.4 Å². The van der Waals surface area contributed by atoms with Gasteiger partial charge < -0.3 is 0 Å². The maximum atomic E-state index is 4.38. The molecule has 0 saturated heterocycles. The zero-order chi connectivity index (χ0) is 9.26. The van der Waals surface area contributed by atoms with Crippen LogP contribution < -0.4 is 0 Å². The molecule has 0 saturated carbocycles. The monoisotopic (exact) mass is 171 g/mol. The SMILES string of the molecule is C=CC1Cc2cc(C)ccc2C=N1. The molecule has 1 aromatic carbocycles. The first kappa shape index (κ1) is 8.24. The highest BCUT2D eigenvalue weighted by Crippen LogP contribution is 2.17. The maximum Gasteiger partial charge on any atom is 0.0718 e. The molecule has 1 atom stereocenters. The van der Waals surface area contributed by atoms with Crippen molar-refractivity contribution in [3.8, 4) is 0 Å². The summed E-state index contributed by atoms with van der Waals surface area (Å²) in [5.41, 5.74) is 3.96. The molecule has 13 heavy (non-hydrogen) atoms. The predicted octanol–water partition coefficient (Wildman–Crippen LogP) is 2.52. The van der Waals surface area contributed by atoms with E-state index in [9.17, 15) is 0 Å². The van der Waals surface area contributed by atoms with Crippen molar-refractivity contribution in [1.29, 1.82) is 0 Å². The zero-order valence-electron chi connectivity index (χ0n) is 7.83. The fraction of sp³-hybridized carbons (Fsp3) is 0.250. The molecule has 1 heterocycles. The summed E-state index contributed by atoms with van der Waals surface area (Å²) >= 11 is 0. The van der Waals surface area contributed by atoms with Crippen molar-refractivity contribution in [2.75, 3.05) is 0 Å². The number of nitrogens with zero attached hydrogens (tertiary/aromatic N) is 1. The van der Waals surface area contributed by atoms with Gasteiger partial charge in [-0.2, -0.15) is 0 Å². The van der Waals surface area contributed by atoms with Gasteiger partial charge in [-0.15, -0.1) is 6.58 Å². The van der Waals surface area contributed by atoms with E-state index in [1.165, 1.54) is 16.7 Å². The molecule has 0 aliphatic carbocycles. The zero-order valence-corrected chi connectivity index (χ0v) is 7.83. The Balaban J connectivity index is 2.41. The standard InChI is InChI=1S/C12H13N/c1-3-12-7-11-6-9(2)4-5-10(11)8-13-12/h3-6,8,12H,1,7H2,2H3. The number of hydrogen-bond donors (Lipinski definition) is 0. The summed E-state index contributed by atoms with van der Waals surface area (Å²) in [5, 5.41) is 0. The molecule has 1 aliphatic rings. The van der Waals surface area contributed by atoms with Gasteiger partial charge in [-0.05, 0) is 24.5 Å². The Hall–Kier alpha value is -1.37. The number of fused-ring (bicyclic) bond motifs is 1. The van der Waals surface area contributed by atoms with Crippen LogP contribution in [0.4, 0.5) is 0 Å². The van der Waals surface area contributed by atoms with Crippen LogP contribution in [0.15, 0.2) is 35.8 Å². The summed E-state index contributed by atoms with van der Waals surface area (Å²) in [6.07, 6.45) is 4.85.